The second-order valence-corrected chi connectivity index (χ2v) is 5.40. The first-order chi connectivity index (χ1) is 10.0. The van der Waals surface area contributed by atoms with Crippen LogP contribution in [0, 0.1) is 0 Å². The van der Waals surface area contributed by atoms with Gasteiger partial charge in [-0.05, 0) is 30.3 Å². The molecule has 0 aromatic heterocycles. The third-order valence-corrected chi connectivity index (χ3v) is 3.51. The number of amides is 3. The molecule has 0 bridgehead atoms. The van der Waals surface area contributed by atoms with Crippen LogP contribution in [0.25, 0.3) is 0 Å². The molecule has 0 radical (unpaired) electrons. The number of primary amides is 1. The molecule has 1 aromatic rings. The highest BCUT2D eigenvalue weighted by Crippen LogP contribution is 2.23. The van der Waals surface area contributed by atoms with Gasteiger partial charge in [0, 0.05) is 17.3 Å². The Balaban J connectivity index is 2.68. The van der Waals surface area contributed by atoms with E-state index in [1.54, 1.807) is 24.3 Å². The minimum absolute atomic E-state index is 0.250. The fraction of sp³-hybridized carbons (Fsp3) is 0.308. The second kappa shape index (κ2) is 9.25. The summed E-state index contributed by atoms with van der Waals surface area (Å²) in [6.45, 7) is 0.227. The monoisotopic (exact) mass is 329 g/mol. The Morgan fingerprint density at radius 1 is 1.19 bits per heavy atom. The van der Waals surface area contributed by atoms with Crippen LogP contribution in [0.3, 0.4) is 0 Å². The predicted octanol–water partition coefficient (Wildman–Crippen LogP) is 1.33. The van der Waals surface area contributed by atoms with Crippen molar-refractivity contribution in [3.05, 3.63) is 29.8 Å². The van der Waals surface area contributed by atoms with E-state index in [1.807, 2.05) is 0 Å². The van der Waals surface area contributed by atoms with E-state index in [9.17, 15) is 14.4 Å². The first-order valence-electron chi connectivity index (χ1n) is 6.21. The molecule has 8 heteroatoms. The maximum Gasteiger partial charge on any atom is 0.283 e. The van der Waals surface area contributed by atoms with Crippen molar-refractivity contribution in [2.24, 2.45) is 5.73 Å². The molecule has 0 aliphatic carbocycles. The molecule has 114 valence electrons. The van der Waals surface area contributed by atoms with E-state index in [2.05, 4.69) is 10.6 Å². The maximum absolute atomic E-state index is 11.9. The first-order valence-corrected chi connectivity index (χ1v) is 7.57. The van der Waals surface area contributed by atoms with Crippen molar-refractivity contribution in [2.45, 2.75) is 11.3 Å². The second-order valence-electron chi connectivity index (χ2n) is 4.00. The lowest BCUT2D eigenvalue weighted by molar-refractivity contribution is -0.117. The van der Waals surface area contributed by atoms with Crippen LogP contribution in [0.2, 0.25) is 0 Å². The molecule has 0 aliphatic rings. The van der Waals surface area contributed by atoms with Gasteiger partial charge in [0.2, 0.25) is 5.91 Å². The summed E-state index contributed by atoms with van der Waals surface area (Å²) in [4.78, 5) is 34.8. The van der Waals surface area contributed by atoms with Crippen LogP contribution >= 0.6 is 23.4 Å². The molecule has 0 atom stereocenters. The Morgan fingerprint density at radius 3 is 2.57 bits per heavy atom. The van der Waals surface area contributed by atoms with Gasteiger partial charge in [-0.2, -0.15) is 0 Å². The van der Waals surface area contributed by atoms with Crippen molar-refractivity contribution < 1.29 is 14.4 Å². The van der Waals surface area contributed by atoms with E-state index < -0.39 is 11.8 Å². The molecular weight excluding hydrogens is 314 g/mol. The van der Waals surface area contributed by atoms with Gasteiger partial charge in [-0.25, -0.2) is 0 Å². The van der Waals surface area contributed by atoms with Gasteiger partial charge in [0.15, 0.2) is 0 Å². The average molecular weight is 330 g/mol. The molecule has 0 saturated carbocycles. The van der Waals surface area contributed by atoms with Gasteiger partial charge in [0.25, 0.3) is 11.1 Å². The van der Waals surface area contributed by atoms with Crippen molar-refractivity contribution in [1.82, 2.24) is 10.6 Å². The number of nitrogens with one attached hydrogen (secondary N) is 2. The summed E-state index contributed by atoms with van der Waals surface area (Å²) in [7, 11) is 0. The first kappa shape index (κ1) is 17.3. The summed E-state index contributed by atoms with van der Waals surface area (Å²) in [5.41, 5.74) is 5.29. The van der Waals surface area contributed by atoms with Gasteiger partial charge < -0.3 is 16.4 Å². The highest BCUT2D eigenvalue weighted by Gasteiger charge is 2.14. The Morgan fingerprint density at radius 2 is 1.90 bits per heavy atom. The molecule has 21 heavy (non-hydrogen) atoms. The molecule has 0 fully saturated rings. The predicted molar refractivity (Wildman–Crippen MR) is 82.6 cm³/mol. The lowest BCUT2D eigenvalue weighted by Crippen LogP contribution is -2.33. The molecular formula is C13H16ClN3O3S. The summed E-state index contributed by atoms with van der Waals surface area (Å²) in [6.07, 6.45) is 0.675. The quantitative estimate of drug-likeness (QED) is 0.399. The number of hydrogen-bond donors (Lipinski definition) is 3. The largest absolute Gasteiger partial charge is 0.368 e. The van der Waals surface area contributed by atoms with Crippen molar-refractivity contribution in [1.29, 1.82) is 0 Å². The normalized spacial score (nSPS) is 9.95. The minimum atomic E-state index is -0.632. The third-order valence-electron chi connectivity index (χ3n) is 2.34. The number of thioether (sulfide) groups is 1. The number of carbonyl (C=O) groups excluding carboxylic acids is 3. The Labute approximate surface area is 131 Å². The lowest BCUT2D eigenvalue weighted by atomic mass is 10.2. The summed E-state index contributed by atoms with van der Waals surface area (Å²) < 4.78 is 0. The fourth-order valence-corrected chi connectivity index (χ4v) is 2.32. The Kier molecular flexibility index (Phi) is 7.63. The molecule has 0 unspecified atom stereocenters. The van der Waals surface area contributed by atoms with Crippen LogP contribution in [-0.2, 0) is 4.79 Å². The van der Waals surface area contributed by atoms with Crippen LogP contribution in [0.1, 0.15) is 16.8 Å². The number of alkyl halides is 1. The zero-order valence-electron chi connectivity index (χ0n) is 11.2. The molecule has 0 saturated heterocycles. The van der Waals surface area contributed by atoms with Crippen molar-refractivity contribution in [2.75, 3.05) is 19.0 Å². The molecule has 0 heterocycles. The van der Waals surface area contributed by atoms with Crippen molar-refractivity contribution in [3.63, 3.8) is 0 Å². The molecule has 3 amide bonds. The molecule has 1 rings (SSSR count). The number of nitrogens with two attached hydrogens (primary N) is 1. The maximum atomic E-state index is 11.9. The Hall–Kier alpha value is -1.73. The van der Waals surface area contributed by atoms with Crippen LogP contribution in [-0.4, -0.2) is 36.0 Å². The standard InChI is InChI=1S/C13H16ClN3O3S/c14-6-3-7-16-13(20)21-10-5-2-1-4-9(10)12(19)17-8-11(15)18/h1-2,4-5H,3,6-8H2,(H2,15,18)(H,16,20)(H,17,19). The van der Waals surface area contributed by atoms with Crippen LogP contribution in [0.15, 0.2) is 29.2 Å². The third kappa shape index (κ3) is 6.50. The van der Waals surface area contributed by atoms with E-state index in [4.69, 9.17) is 17.3 Å². The highest BCUT2D eigenvalue weighted by molar-refractivity contribution is 8.13. The average Bonchev–Trinajstić information content (AvgIpc) is 2.45. The Bertz CT molecular complexity index is 525. The molecule has 0 spiro atoms. The van der Waals surface area contributed by atoms with Crippen LogP contribution in [0.4, 0.5) is 4.79 Å². The topological polar surface area (TPSA) is 101 Å². The van der Waals surface area contributed by atoms with Gasteiger partial charge in [-0.3, -0.25) is 14.4 Å². The number of hydrogen-bond acceptors (Lipinski definition) is 4. The van der Waals surface area contributed by atoms with E-state index >= 15 is 0 Å². The number of carbonyl (C=O) groups is 3. The minimum Gasteiger partial charge on any atom is -0.368 e. The summed E-state index contributed by atoms with van der Waals surface area (Å²) >= 11 is 6.44. The van der Waals surface area contributed by atoms with E-state index in [0.29, 0.717) is 29.3 Å². The van der Waals surface area contributed by atoms with Crippen molar-refractivity contribution >= 4 is 40.4 Å². The van der Waals surface area contributed by atoms with Gasteiger partial charge in [0.1, 0.15) is 0 Å². The van der Waals surface area contributed by atoms with E-state index in [1.165, 1.54) is 0 Å². The zero-order valence-corrected chi connectivity index (χ0v) is 12.8. The van der Waals surface area contributed by atoms with Crippen LogP contribution in [0.5, 0.6) is 0 Å². The van der Waals surface area contributed by atoms with Gasteiger partial charge >= 0.3 is 0 Å². The summed E-state index contributed by atoms with van der Waals surface area (Å²) in [6, 6.07) is 6.63. The fourth-order valence-electron chi connectivity index (χ4n) is 1.40. The highest BCUT2D eigenvalue weighted by atomic mass is 35.5. The number of benzene rings is 1. The zero-order chi connectivity index (χ0) is 15.7. The number of halogens is 1. The van der Waals surface area contributed by atoms with Gasteiger partial charge in [0.05, 0.1) is 12.1 Å². The van der Waals surface area contributed by atoms with Crippen molar-refractivity contribution in [3.8, 4) is 0 Å². The molecule has 0 aliphatic heterocycles. The summed E-state index contributed by atoms with van der Waals surface area (Å²) in [5, 5.41) is 4.80. The van der Waals surface area contributed by atoms with E-state index in [-0.39, 0.29) is 11.8 Å². The molecule has 1 aromatic carbocycles. The SMILES string of the molecule is NC(=O)CNC(=O)c1ccccc1SC(=O)NCCCCl. The molecule has 6 nitrogen and oxygen atoms in total. The smallest absolute Gasteiger partial charge is 0.283 e. The molecule has 4 N–H and O–H groups in total. The van der Waals surface area contributed by atoms with Gasteiger partial charge in [-0.1, -0.05) is 12.1 Å². The van der Waals surface area contributed by atoms with Gasteiger partial charge in [-0.15, -0.1) is 11.6 Å². The number of rotatable bonds is 7. The van der Waals surface area contributed by atoms with Crippen LogP contribution < -0.4 is 16.4 Å². The van der Waals surface area contributed by atoms with E-state index in [0.717, 1.165) is 11.8 Å². The summed E-state index contributed by atoms with van der Waals surface area (Å²) in [5.74, 6) is -0.616. The lowest BCUT2D eigenvalue weighted by Gasteiger charge is -2.09.